The van der Waals surface area contributed by atoms with Crippen molar-refractivity contribution >= 4 is 10.9 Å². The fourth-order valence-electron chi connectivity index (χ4n) is 2.47. The van der Waals surface area contributed by atoms with Gasteiger partial charge in [-0.25, -0.2) is 0 Å². The van der Waals surface area contributed by atoms with Crippen LogP contribution in [0.25, 0.3) is 10.9 Å². The number of nitrogens with zero attached hydrogens (tertiary/aromatic N) is 2. The first-order valence-corrected chi connectivity index (χ1v) is 6.17. The SMILES string of the molecule is OC1(n2ccc3ccccc32)OC1c1ccccn1. The number of aliphatic hydroxyl groups is 1. The maximum absolute atomic E-state index is 10.6. The molecule has 0 bridgehead atoms. The minimum atomic E-state index is -1.32. The second-order valence-electron chi connectivity index (χ2n) is 4.66. The standard InChI is InChI=1S/C15H12N2O2/c18-15(14(19-15)12-6-3-4-9-16-12)17-10-8-11-5-1-2-7-13(11)17/h1-10,14,18H. The summed E-state index contributed by atoms with van der Waals surface area (Å²) >= 11 is 0. The van der Waals surface area contributed by atoms with Crippen LogP contribution in [0.1, 0.15) is 11.8 Å². The Bertz CT molecular complexity index is 738. The van der Waals surface area contributed by atoms with E-state index in [9.17, 15) is 5.11 Å². The van der Waals surface area contributed by atoms with E-state index in [2.05, 4.69) is 4.98 Å². The first-order valence-electron chi connectivity index (χ1n) is 6.17. The molecule has 3 aromatic rings. The highest BCUT2D eigenvalue weighted by Gasteiger charge is 2.59. The number of benzene rings is 1. The van der Waals surface area contributed by atoms with Gasteiger partial charge in [0, 0.05) is 12.4 Å². The van der Waals surface area contributed by atoms with Crippen molar-refractivity contribution in [1.82, 2.24) is 9.55 Å². The molecule has 0 spiro atoms. The van der Waals surface area contributed by atoms with Gasteiger partial charge < -0.3 is 9.84 Å². The lowest BCUT2D eigenvalue weighted by Crippen LogP contribution is -2.18. The van der Waals surface area contributed by atoms with Crippen molar-refractivity contribution in [3.05, 3.63) is 66.6 Å². The molecule has 1 aromatic carbocycles. The van der Waals surface area contributed by atoms with Crippen molar-refractivity contribution in [2.75, 3.05) is 0 Å². The van der Waals surface area contributed by atoms with E-state index < -0.39 is 12.0 Å². The van der Waals surface area contributed by atoms with Crippen LogP contribution in [0.3, 0.4) is 0 Å². The van der Waals surface area contributed by atoms with Crippen molar-refractivity contribution in [2.24, 2.45) is 0 Å². The molecule has 0 aliphatic carbocycles. The number of hydrogen-bond acceptors (Lipinski definition) is 3. The molecule has 1 aliphatic rings. The third-order valence-electron chi connectivity index (χ3n) is 3.48. The van der Waals surface area contributed by atoms with Crippen LogP contribution in [0, 0.1) is 0 Å². The van der Waals surface area contributed by atoms with Crippen LogP contribution < -0.4 is 0 Å². The zero-order valence-electron chi connectivity index (χ0n) is 10.1. The zero-order chi connectivity index (χ0) is 12.9. The number of pyridine rings is 1. The van der Waals surface area contributed by atoms with Gasteiger partial charge in [0.1, 0.15) is 0 Å². The molecule has 94 valence electrons. The highest BCUT2D eigenvalue weighted by atomic mass is 16.8. The Morgan fingerprint density at radius 3 is 2.79 bits per heavy atom. The first-order chi connectivity index (χ1) is 9.29. The highest BCUT2D eigenvalue weighted by molar-refractivity contribution is 5.80. The van der Waals surface area contributed by atoms with E-state index in [1.165, 1.54) is 0 Å². The fourth-order valence-corrected chi connectivity index (χ4v) is 2.47. The van der Waals surface area contributed by atoms with Crippen molar-refractivity contribution in [2.45, 2.75) is 12.0 Å². The Labute approximate surface area is 109 Å². The molecule has 1 aliphatic heterocycles. The Balaban J connectivity index is 1.78. The molecular formula is C15H12N2O2. The normalized spacial score (nSPS) is 25.6. The number of fused-ring (bicyclic) bond motifs is 1. The molecule has 4 nitrogen and oxygen atoms in total. The minimum Gasteiger partial charge on any atom is -0.346 e. The maximum Gasteiger partial charge on any atom is 0.288 e. The van der Waals surface area contributed by atoms with E-state index in [0.29, 0.717) is 0 Å². The summed E-state index contributed by atoms with van der Waals surface area (Å²) in [4.78, 5) is 4.23. The van der Waals surface area contributed by atoms with Crippen LogP contribution in [0.4, 0.5) is 0 Å². The van der Waals surface area contributed by atoms with E-state index in [1.54, 1.807) is 10.8 Å². The first kappa shape index (κ1) is 10.7. The topological polar surface area (TPSA) is 50.6 Å². The second-order valence-corrected chi connectivity index (χ2v) is 4.66. The Morgan fingerprint density at radius 2 is 1.95 bits per heavy atom. The van der Waals surface area contributed by atoms with Crippen LogP contribution in [0.15, 0.2) is 60.9 Å². The summed E-state index contributed by atoms with van der Waals surface area (Å²) in [5.41, 5.74) is 1.69. The van der Waals surface area contributed by atoms with E-state index in [-0.39, 0.29) is 0 Å². The number of rotatable bonds is 2. The molecule has 1 fully saturated rings. The van der Waals surface area contributed by atoms with Crippen LogP contribution in [0.5, 0.6) is 0 Å². The summed E-state index contributed by atoms with van der Waals surface area (Å²) in [7, 11) is 0. The lowest BCUT2D eigenvalue weighted by molar-refractivity contribution is -0.0311. The fraction of sp³-hybridized carbons (Fsp3) is 0.133. The van der Waals surface area contributed by atoms with E-state index >= 15 is 0 Å². The average molecular weight is 252 g/mol. The Hall–Kier alpha value is -2.17. The molecule has 0 amide bonds. The van der Waals surface area contributed by atoms with Gasteiger partial charge >= 0.3 is 0 Å². The summed E-state index contributed by atoms with van der Waals surface area (Å²) < 4.78 is 7.25. The predicted octanol–water partition coefficient (Wildman–Crippen LogP) is 2.41. The van der Waals surface area contributed by atoms with Crippen molar-refractivity contribution in [1.29, 1.82) is 0 Å². The number of aromatic nitrogens is 2. The lowest BCUT2D eigenvalue weighted by Gasteiger charge is -2.09. The molecule has 1 N–H and O–H groups in total. The average Bonchev–Trinajstić information content (AvgIpc) is 2.97. The van der Waals surface area contributed by atoms with Gasteiger partial charge in [-0.1, -0.05) is 24.3 Å². The molecular weight excluding hydrogens is 240 g/mol. The number of ether oxygens (including phenoxy) is 1. The largest absolute Gasteiger partial charge is 0.346 e. The van der Waals surface area contributed by atoms with E-state index in [1.807, 2.05) is 54.7 Å². The maximum atomic E-state index is 10.6. The van der Waals surface area contributed by atoms with Gasteiger partial charge in [-0.15, -0.1) is 0 Å². The quantitative estimate of drug-likeness (QED) is 0.712. The molecule has 2 aromatic heterocycles. The molecule has 2 atom stereocenters. The summed E-state index contributed by atoms with van der Waals surface area (Å²) in [6.07, 6.45) is 3.13. The number of epoxide rings is 1. The van der Waals surface area contributed by atoms with E-state index in [0.717, 1.165) is 16.6 Å². The Kier molecular flexibility index (Phi) is 2.07. The minimum absolute atomic E-state index is 0.412. The monoisotopic (exact) mass is 252 g/mol. The van der Waals surface area contributed by atoms with Crippen LogP contribution in [-0.4, -0.2) is 14.7 Å². The van der Waals surface area contributed by atoms with E-state index in [4.69, 9.17) is 4.74 Å². The number of hydrogen-bond donors (Lipinski definition) is 1. The summed E-state index contributed by atoms with van der Waals surface area (Å²) in [6, 6.07) is 15.4. The van der Waals surface area contributed by atoms with Crippen LogP contribution in [-0.2, 0) is 10.6 Å². The van der Waals surface area contributed by atoms with Gasteiger partial charge in [0.05, 0.1) is 11.2 Å². The Morgan fingerprint density at radius 1 is 1.11 bits per heavy atom. The van der Waals surface area contributed by atoms with Gasteiger partial charge in [-0.2, -0.15) is 0 Å². The van der Waals surface area contributed by atoms with Crippen molar-refractivity contribution < 1.29 is 9.84 Å². The molecule has 1 saturated heterocycles. The van der Waals surface area contributed by atoms with Crippen LogP contribution in [0.2, 0.25) is 0 Å². The summed E-state index contributed by atoms with van der Waals surface area (Å²) in [5, 5.41) is 11.7. The lowest BCUT2D eigenvalue weighted by atomic mass is 10.2. The van der Waals surface area contributed by atoms with Crippen molar-refractivity contribution in [3.8, 4) is 0 Å². The molecule has 4 heteroatoms. The third kappa shape index (κ3) is 1.51. The van der Waals surface area contributed by atoms with Gasteiger partial charge in [-0.3, -0.25) is 9.55 Å². The molecule has 2 unspecified atom stereocenters. The molecule has 0 radical (unpaired) electrons. The summed E-state index contributed by atoms with van der Waals surface area (Å²) in [5.74, 6) is -1.32. The third-order valence-corrected chi connectivity index (χ3v) is 3.48. The molecule has 3 heterocycles. The number of para-hydroxylation sites is 1. The molecule has 0 saturated carbocycles. The van der Waals surface area contributed by atoms with Gasteiger partial charge in [0.2, 0.25) is 0 Å². The van der Waals surface area contributed by atoms with Gasteiger partial charge in [0.15, 0.2) is 6.10 Å². The van der Waals surface area contributed by atoms with Crippen LogP contribution >= 0.6 is 0 Å². The predicted molar refractivity (Wildman–Crippen MR) is 70.2 cm³/mol. The summed E-state index contributed by atoms with van der Waals surface area (Å²) in [6.45, 7) is 0. The zero-order valence-corrected chi connectivity index (χ0v) is 10.1. The second kappa shape index (κ2) is 3.66. The smallest absolute Gasteiger partial charge is 0.288 e. The van der Waals surface area contributed by atoms with Gasteiger partial charge in [-0.05, 0) is 29.7 Å². The molecule has 4 rings (SSSR count). The highest BCUT2D eigenvalue weighted by Crippen LogP contribution is 2.51. The van der Waals surface area contributed by atoms with Crippen molar-refractivity contribution in [3.63, 3.8) is 0 Å². The molecule has 19 heavy (non-hydrogen) atoms. The van der Waals surface area contributed by atoms with Gasteiger partial charge in [0.25, 0.3) is 5.91 Å².